The van der Waals surface area contributed by atoms with Crippen molar-refractivity contribution in [2.24, 2.45) is 5.73 Å². The molecule has 20 heavy (non-hydrogen) atoms. The first-order valence-corrected chi connectivity index (χ1v) is 7.46. The van der Waals surface area contributed by atoms with Gasteiger partial charge in [-0.15, -0.1) is 0 Å². The second-order valence-electron chi connectivity index (χ2n) is 4.74. The van der Waals surface area contributed by atoms with Crippen molar-refractivity contribution >= 4 is 27.0 Å². The number of nitrogens with two attached hydrogens (primary N) is 1. The van der Waals surface area contributed by atoms with E-state index in [1.54, 1.807) is 0 Å². The number of imidazole rings is 1. The first-order valence-electron chi connectivity index (χ1n) is 6.67. The van der Waals surface area contributed by atoms with Gasteiger partial charge < -0.3 is 10.3 Å². The Balaban J connectivity index is 2.16. The fourth-order valence-corrected chi connectivity index (χ4v) is 2.85. The Kier molecular flexibility index (Phi) is 3.59. The Hall–Kier alpha value is -1.65. The van der Waals surface area contributed by atoms with Crippen LogP contribution in [0.25, 0.3) is 11.0 Å². The molecule has 0 spiro atoms. The molecule has 0 aliphatic rings. The summed E-state index contributed by atoms with van der Waals surface area (Å²) in [4.78, 5) is 4.73. The lowest BCUT2D eigenvalue weighted by Crippen LogP contribution is -2.17. The van der Waals surface area contributed by atoms with Gasteiger partial charge in [-0.3, -0.25) is 0 Å². The average Bonchev–Trinajstić information content (AvgIpc) is 2.84. The normalized spacial score (nSPS) is 12.8. The second kappa shape index (κ2) is 5.38. The zero-order valence-electron chi connectivity index (χ0n) is 11.3. The Labute approximate surface area is 126 Å². The number of fused-ring (bicyclic) bond motifs is 1. The molecule has 3 rings (SSSR count). The fraction of sp³-hybridized carbons (Fsp3) is 0.188. The number of aromatic nitrogens is 2. The van der Waals surface area contributed by atoms with Crippen LogP contribution in [0.5, 0.6) is 0 Å². The Bertz CT molecular complexity index is 734. The standard InChI is InChI=1S/C16H16BrN3/c1-2-20-14-9-8-12(17)10-13(14)19-16(20)15(18)11-6-4-3-5-7-11/h3-10,15H,2,18H2,1H3. The molecular formula is C16H16BrN3. The van der Waals surface area contributed by atoms with Crippen molar-refractivity contribution in [2.45, 2.75) is 19.5 Å². The highest BCUT2D eigenvalue weighted by atomic mass is 79.9. The molecule has 3 aromatic rings. The topological polar surface area (TPSA) is 43.8 Å². The highest BCUT2D eigenvalue weighted by Gasteiger charge is 2.17. The number of rotatable bonds is 3. The van der Waals surface area contributed by atoms with Crippen LogP contribution in [0.3, 0.4) is 0 Å². The maximum Gasteiger partial charge on any atom is 0.131 e. The van der Waals surface area contributed by atoms with E-state index in [0.29, 0.717) is 0 Å². The van der Waals surface area contributed by atoms with Gasteiger partial charge in [0, 0.05) is 11.0 Å². The molecule has 1 aromatic heterocycles. The predicted octanol–water partition coefficient (Wildman–Crippen LogP) is 3.87. The van der Waals surface area contributed by atoms with Crippen LogP contribution >= 0.6 is 15.9 Å². The maximum atomic E-state index is 6.40. The molecule has 0 saturated carbocycles. The summed E-state index contributed by atoms with van der Waals surface area (Å²) in [6.45, 7) is 2.97. The minimum absolute atomic E-state index is 0.206. The molecule has 1 atom stereocenters. The smallest absolute Gasteiger partial charge is 0.131 e. The molecule has 1 heterocycles. The number of aryl methyl sites for hydroxylation is 1. The van der Waals surface area contributed by atoms with E-state index in [1.807, 2.05) is 42.5 Å². The summed E-state index contributed by atoms with van der Waals surface area (Å²) in [6, 6.07) is 16.0. The van der Waals surface area contributed by atoms with Gasteiger partial charge in [0.25, 0.3) is 0 Å². The van der Waals surface area contributed by atoms with Gasteiger partial charge in [0.2, 0.25) is 0 Å². The van der Waals surface area contributed by atoms with Crippen LogP contribution in [0.2, 0.25) is 0 Å². The summed E-state index contributed by atoms with van der Waals surface area (Å²) in [7, 11) is 0. The number of halogens is 1. The average molecular weight is 330 g/mol. The van der Waals surface area contributed by atoms with Crippen molar-refractivity contribution < 1.29 is 0 Å². The molecule has 4 heteroatoms. The third-order valence-corrected chi connectivity index (χ3v) is 3.99. The Morgan fingerprint density at radius 2 is 1.95 bits per heavy atom. The number of nitrogens with zero attached hydrogens (tertiary/aromatic N) is 2. The van der Waals surface area contributed by atoms with Gasteiger partial charge in [0.05, 0.1) is 17.1 Å². The van der Waals surface area contributed by atoms with Gasteiger partial charge in [0.1, 0.15) is 5.82 Å². The molecule has 2 N–H and O–H groups in total. The van der Waals surface area contributed by atoms with E-state index < -0.39 is 0 Å². The van der Waals surface area contributed by atoms with Crippen molar-refractivity contribution in [3.8, 4) is 0 Å². The summed E-state index contributed by atoms with van der Waals surface area (Å²) in [5.74, 6) is 0.909. The number of hydrogen-bond donors (Lipinski definition) is 1. The monoisotopic (exact) mass is 329 g/mol. The molecule has 0 amide bonds. The molecule has 1 unspecified atom stereocenters. The molecule has 0 aliphatic heterocycles. The molecule has 102 valence electrons. The van der Waals surface area contributed by atoms with Gasteiger partial charge in [-0.2, -0.15) is 0 Å². The number of benzene rings is 2. The minimum atomic E-state index is -0.206. The van der Waals surface area contributed by atoms with E-state index in [9.17, 15) is 0 Å². The van der Waals surface area contributed by atoms with Crippen molar-refractivity contribution in [1.29, 1.82) is 0 Å². The maximum absolute atomic E-state index is 6.40. The van der Waals surface area contributed by atoms with Crippen LogP contribution in [0.15, 0.2) is 53.0 Å². The summed E-state index contributed by atoms with van der Waals surface area (Å²) in [5.41, 5.74) is 9.58. The van der Waals surface area contributed by atoms with E-state index in [2.05, 4.69) is 33.5 Å². The van der Waals surface area contributed by atoms with Crippen LogP contribution < -0.4 is 5.73 Å². The lowest BCUT2D eigenvalue weighted by molar-refractivity contribution is 0.671. The third kappa shape index (κ3) is 2.25. The van der Waals surface area contributed by atoms with E-state index >= 15 is 0 Å². The van der Waals surface area contributed by atoms with E-state index in [1.165, 1.54) is 0 Å². The molecule has 0 aliphatic carbocycles. The predicted molar refractivity (Wildman–Crippen MR) is 85.6 cm³/mol. The molecule has 3 nitrogen and oxygen atoms in total. The highest BCUT2D eigenvalue weighted by molar-refractivity contribution is 9.10. The Morgan fingerprint density at radius 1 is 1.20 bits per heavy atom. The molecule has 0 bridgehead atoms. The summed E-state index contributed by atoms with van der Waals surface area (Å²) >= 11 is 3.49. The molecule has 0 saturated heterocycles. The molecule has 0 fully saturated rings. The van der Waals surface area contributed by atoms with Crippen LogP contribution in [0.4, 0.5) is 0 Å². The minimum Gasteiger partial charge on any atom is -0.327 e. The first-order chi connectivity index (χ1) is 9.70. The van der Waals surface area contributed by atoms with Crippen molar-refractivity contribution in [1.82, 2.24) is 9.55 Å². The van der Waals surface area contributed by atoms with E-state index in [-0.39, 0.29) is 6.04 Å². The van der Waals surface area contributed by atoms with Crippen molar-refractivity contribution in [3.63, 3.8) is 0 Å². The van der Waals surface area contributed by atoms with E-state index in [4.69, 9.17) is 10.7 Å². The highest BCUT2D eigenvalue weighted by Crippen LogP contribution is 2.26. The lowest BCUT2D eigenvalue weighted by Gasteiger charge is -2.13. The molecular weight excluding hydrogens is 314 g/mol. The molecule has 2 aromatic carbocycles. The summed E-state index contributed by atoms with van der Waals surface area (Å²) in [6.07, 6.45) is 0. The summed E-state index contributed by atoms with van der Waals surface area (Å²) in [5, 5.41) is 0. The zero-order chi connectivity index (χ0) is 14.1. The van der Waals surface area contributed by atoms with Gasteiger partial charge in [0.15, 0.2) is 0 Å². The quantitative estimate of drug-likeness (QED) is 0.792. The van der Waals surface area contributed by atoms with Crippen molar-refractivity contribution in [2.75, 3.05) is 0 Å². The van der Waals surface area contributed by atoms with Gasteiger partial charge in [-0.05, 0) is 30.7 Å². The summed E-state index contributed by atoms with van der Waals surface area (Å²) < 4.78 is 3.21. The molecule has 0 radical (unpaired) electrons. The van der Waals surface area contributed by atoms with Crippen LogP contribution in [-0.4, -0.2) is 9.55 Å². The van der Waals surface area contributed by atoms with Gasteiger partial charge in [-0.25, -0.2) is 4.98 Å². The van der Waals surface area contributed by atoms with Gasteiger partial charge >= 0.3 is 0 Å². The first kappa shape index (κ1) is 13.3. The second-order valence-corrected chi connectivity index (χ2v) is 5.65. The Morgan fingerprint density at radius 3 is 2.65 bits per heavy atom. The van der Waals surface area contributed by atoms with Crippen LogP contribution in [0.1, 0.15) is 24.4 Å². The van der Waals surface area contributed by atoms with E-state index in [0.717, 1.165) is 33.4 Å². The van der Waals surface area contributed by atoms with Crippen molar-refractivity contribution in [3.05, 3.63) is 64.4 Å². The zero-order valence-corrected chi connectivity index (χ0v) is 12.8. The van der Waals surface area contributed by atoms with Crippen LogP contribution in [0, 0.1) is 0 Å². The van der Waals surface area contributed by atoms with Gasteiger partial charge in [-0.1, -0.05) is 46.3 Å². The third-order valence-electron chi connectivity index (χ3n) is 3.49. The largest absolute Gasteiger partial charge is 0.327 e. The lowest BCUT2D eigenvalue weighted by atomic mass is 10.1. The fourth-order valence-electron chi connectivity index (χ4n) is 2.50. The number of hydrogen-bond acceptors (Lipinski definition) is 2. The van der Waals surface area contributed by atoms with Crippen LogP contribution in [-0.2, 0) is 6.54 Å². The SMILES string of the molecule is CCn1c(C(N)c2ccccc2)nc2cc(Br)ccc21.